The molecule has 29 heavy (non-hydrogen) atoms. The van der Waals surface area contributed by atoms with Crippen molar-refractivity contribution < 1.29 is 4.52 Å². The van der Waals surface area contributed by atoms with E-state index in [0.29, 0.717) is 17.6 Å². The molecule has 0 spiro atoms. The SMILES string of the molecule is N#Cc1nccnc1N1CCN2C(CCCC2c2cc(-c3ccccn3)no2)C1. The fourth-order valence-corrected chi connectivity index (χ4v) is 4.47. The van der Waals surface area contributed by atoms with E-state index in [1.807, 2.05) is 24.3 Å². The zero-order valence-electron chi connectivity index (χ0n) is 16.0. The van der Waals surface area contributed by atoms with E-state index in [1.54, 1.807) is 18.6 Å². The quantitative estimate of drug-likeness (QED) is 0.677. The number of nitrogens with zero attached hydrogens (tertiary/aromatic N) is 7. The summed E-state index contributed by atoms with van der Waals surface area (Å²) in [7, 11) is 0. The molecule has 2 aliphatic heterocycles. The van der Waals surface area contributed by atoms with Crippen molar-refractivity contribution in [3.8, 4) is 17.5 Å². The molecule has 0 radical (unpaired) electrons. The van der Waals surface area contributed by atoms with Crippen LogP contribution in [0.1, 0.15) is 36.8 Å². The van der Waals surface area contributed by atoms with Crippen molar-refractivity contribution in [2.45, 2.75) is 31.3 Å². The predicted octanol–water partition coefficient (Wildman–Crippen LogP) is 2.81. The molecule has 2 atom stereocenters. The standard InChI is InChI=1S/C21H21N7O/c22-13-18-21(25-9-8-24-18)27-10-11-28-15(14-27)4-3-6-19(28)20-12-17(26-29-20)16-5-1-2-7-23-16/h1-2,5,7-9,12,15,19H,3-4,6,10-11,14H2. The molecule has 0 bridgehead atoms. The summed E-state index contributed by atoms with van der Waals surface area (Å²) in [5.41, 5.74) is 1.99. The average Bonchev–Trinajstić information content (AvgIpc) is 3.29. The Labute approximate surface area is 168 Å². The summed E-state index contributed by atoms with van der Waals surface area (Å²) in [5, 5.41) is 13.6. The van der Waals surface area contributed by atoms with Gasteiger partial charge in [-0.1, -0.05) is 11.2 Å². The summed E-state index contributed by atoms with van der Waals surface area (Å²) in [6.07, 6.45) is 8.29. The molecule has 8 heteroatoms. The van der Waals surface area contributed by atoms with E-state index in [4.69, 9.17) is 4.52 Å². The summed E-state index contributed by atoms with van der Waals surface area (Å²) in [6.45, 7) is 2.53. The van der Waals surface area contributed by atoms with Crippen molar-refractivity contribution in [1.29, 1.82) is 5.26 Å². The molecular formula is C21H21N7O. The highest BCUT2D eigenvalue weighted by molar-refractivity contribution is 5.53. The van der Waals surface area contributed by atoms with E-state index in [9.17, 15) is 5.26 Å². The van der Waals surface area contributed by atoms with Gasteiger partial charge in [-0.25, -0.2) is 9.97 Å². The van der Waals surface area contributed by atoms with Gasteiger partial charge in [0.25, 0.3) is 0 Å². The Hall–Kier alpha value is -3.31. The number of rotatable bonds is 3. The van der Waals surface area contributed by atoms with Gasteiger partial charge in [0.1, 0.15) is 11.8 Å². The number of piperazine rings is 1. The molecule has 0 aromatic carbocycles. The number of fused-ring (bicyclic) bond motifs is 1. The van der Waals surface area contributed by atoms with E-state index in [1.165, 1.54) is 0 Å². The summed E-state index contributed by atoms with van der Waals surface area (Å²) in [6, 6.07) is 10.6. The zero-order chi connectivity index (χ0) is 19.6. The van der Waals surface area contributed by atoms with E-state index >= 15 is 0 Å². The number of aromatic nitrogens is 4. The molecule has 3 aromatic heterocycles. The maximum atomic E-state index is 9.35. The molecule has 2 unspecified atom stereocenters. The molecule has 2 saturated heterocycles. The number of anilines is 1. The first kappa shape index (κ1) is 17.8. The minimum Gasteiger partial charge on any atom is -0.359 e. The van der Waals surface area contributed by atoms with Crippen molar-refractivity contribution in [2.75, 3.05) is 24.5 Å². The Kier molecular flexibility index (Phi) is 4.66. The molecular weight excluding hydrogens is 366 g/mol. The third kappa shape index (κ3) is 3.34. The molecule has 2 aliphatic rings. The Morgan fingerprint density at radius 3 is 2.83 bits per heavy atom. The van der Waals surface area contributed by atoms with E-state index in [0.717, 1.165) is 56.0 Å². The summed E-state index contributed by atoms with van der Waals surface area (Å²) in [4.78, 5) is 17.6. The first-order valence-corrected chi connectivity index (χ1v) is 9.93. The zero-order valence-corrected chi connectivity index (χ0v) is 16.0. The Morgan fingerprint density at radius 1 is 1.03 bits per heavy atom. The van der Waals surface area contributed by atoms with Crippen molar-refractivity contribution in [3.05, 3.63) is 54.3 Å². The molecule has 3 aromatic rings. The van der Waals surface area contributed by atoms with Crippen LogP contribution in [0.4, 0.5) is 5.82 Å². The van der Waals surface area contributed by atoms with Crippen molar-refractivity contribution in [2.24, 2.45) is 0 Å². The van der Waals surface area contributed by atoms with Crippen LogP contribution in [0.5, 0.6) is 0 Å². The van der Waals surface area contributed by atoms with Gasteiger partial charge in [-0.05, 0) is 31.4 Å². The highest BCUT2D eigenvalue weighted by Gasteiger charge is 2.38. The monoisotopic (exact) mass is 387 g/mol. The molecule has 0 saturated carbocycles. The fraction of sp³-hybridized carbons (Fsp3) is 0.381. The molecule has 8 nitrogen and oxygen atoms in total. The van der Waals surface area contributed by atoms with Gasteiger partial charge in [-0.2, -0.15) is 5.26 Å². The minimum absolute atomic E-state index is 0.221. The van der Waals surface area contributed by atoms with Crippen LogP contribution in [0.2, 0.25) is 0 Å². The maximum absolute atomic E-state index is 9.35. The normalized spacial score (nSPS) is 22.1. The largest absolute Gasteiger partial charge is 0.359 e. The lowest BCUT2D eigenvalue weighted by molar-refractivity contribution is 0.0558. The van der Waals surface area contributed by atoms with Crippen LogP contribution in [0.25, 0.3) is 11.4 Å². The summed E-state index contributed by atoms with van der Waals surface area (Å²) in [5.74, 6) is 1.59. The molecule has 5 rings (SSSR count). The molecule has 2 fully saturated rings. The third-order valence-corrected chi connectivity index (χ3v) is 5.81. The molecule has 0 aliphatic carbocycles. The lowest BCUT2D eigenvalue weighted by Gasteiger charge is -2.47. The second-order valence-electron chi connectivity index (χ2n) is 7.45. The van der Waals surface area contributed by atoms with Gasteiger partial charge in [-0.3, -0.25) is 9.88 Å². The molecule has 0 N–H and O–H groups in total. The molecule has 5 heterocycles. The van der Waals surface area contributed by atoms with E-state index in [-0.39, 0.29) is 6.04 Å². The van der Waals surface area contributed by atoms with Crippen molar-refractivity contribution in [3.63, 3.8) is 0 Å². The average molecular weight is 387 g/mol. The van der Waals surface area contributed by atoms with Crippen LogP contribution in [0.15, 0.2) is 47.4 Å². The number of piperidine rings is 1. The molecule has 0 amide bonds. The second-order valence-corrected chi connectivity index (χ2v) is 7.45. The summed E-state index contributed by atoms with van der Waals surface area (Å²) < 4.78 is 5.74. The van der Waals surface area contributed by atoms with Crippen LogP contribution in [-0.4, -0.2) is 50.7 Å². The topological polar surface area (TPSA) is 95.0 Å². The van der Waals surface area contributed by atoms with E-state index in [2.05, 4.69) is 36.0 Å². The van der Waals surface area contributed by atoms with Gasteiger partial charge < -0.3 is 9.42 Å². The summed E-state index contributed by atoms with van der Waals surface area (Å²) >= 11 is 0. The minimum atomic E-state index is 0.221. The predicted molar refractivity (Wildman–Crippen MR) is 106 cm³/mol. The van der Waals surface area contributed by atoms with Gasteiger partial charge in [0, 0.05) is 50.3 Å². The Balaban J connectivity index is 1.35. The van der Waals surface area contributed by atoms with Gasteiger partial charge in [0.15, 0.2) is 17.3 Å². The second kappa shape index (κ2) is 7.60. The lowest BCUT2D eigenvalue weighted by Crippen LogP contribution is -2.56. The highest BCUT2D eigenvalue weighted by Crippen LogP contribution is 2.37. The highest BCUT2D eigenvalue weighted by atomic mass is 16.5. The van der Waals surface area contributed by atoms with Crippen LogP contribution < -0.4 is 4.90 Å². The van der Waals surface area contributed by atoms with Gasteiger partial charge in [-0.15, -0.1) is 0 Å². The molecule has 146 valence electrons. The third-order valence-electron chi connectivity index (χ3n) is 5.81. The van der Waals surface area contributed by atoms with Gasteiger partial charge in [0.05, 0.1) is 11.7 Å². The van der Waals surface area contributed by atoms with Crippen LogP contribution in [0, 0.1) is 11.3 Å². The number of hydrogen-bond acceptors (Lipinski definition) is 8. The van der Waals surface area contributed by atoms with Gasteiger partial charge in [0.2, 0.25) is 0 Å². The number of hydrogen-bond donors (Lipinski definition) is 0. The number of pyridine rings is 1. The van der Waals surface area contributed by atoms with Crippen LogP contribution >= 0.6 is 0 Å². The first-order valence-electron chi connectivity index (χ1n) is 9.93. The number of nitriles is 1. The van der Waals surface area contributed by atoms with E-state index < -0.39 is 0 Å². The van der Waals surface area contributed by atoms with Gasteiger partial charge >= 0.3 is 0 Å². The van der Waals surface area contributed by atoms with Crippen molar-refractivity contribution in [1.82, 2.24) is 25.0 Å². The Bertz CT molecular complexity index is 1030. The maximum Gasteiger partial charge on any atom is 0.183 e. The van der Waals surface area contributed by atoms with Crippen LogP contribution in [-0.2, 0) is 0 Å². The van der Waals surface area contributed by atoms with Crippen molar-refractivity contribution >= 4 is 5.82 Å². The fourth-order valence-electron chi connectivity index (χ4n) is 4.47. The Morgan fingerprint density at radius 2 is 1.97 bits per heavy atom. The smallest absolute Gasteiger partial charge is 0.183 e. The van der Waals surface area contributed by atoms with Crippen LogP contribution in [0.3, 0.4) is 0 Å². The first-order chi connectivity index (χ1) is 14.3. The lowest BCUT2D eigenvalue weighted by atomic mass is 9.92.